The fraction of sp³-hybridized carbons (Fsp3) is 0.500. The van der Waals surface area contributed by atoms with Crippen LogP contribution in [0.1, 0.15) is 12.8 Å². The molecule has 132 valence electrons. The molecule has 1 saturated carbocycles. The summed E-state index contributed by atoms with van der Waals surface area (Å²) < 4.78 is 40.2. The molecule has 2 atom stereocenters. The second kappa shape index (κ2) is 6.74. The van der Waals surface area contributed by atoms with Crippen molar-refractivity contribution in [2.24, 2.45) is 11.8 Å². The molecule has 1 aromatic rings. The van der Waals surface area contributed by atoms with Gasteiger partial charge in [0.05, 0.1) is 17.5 Å². The highest BCUT2D eigenvalue weighted by molar-refractivity contribution is 9.10. The molecule has 0 unspecified atom stereocenters. The molecule has 0 spiro atoms. The number of sulfonamides is 1. The highest BCUT2D eigenvalue weighted by atomic mass is 79.9. The summed E-state index contributed by atoms with van der Waals surface area (Å²) in [4.78, 5) is 0.149. The zero-order valence-corrected chi connectivity index (χ0v) is 15.5. The van der Waals surface area contributed by atoms with E-state index in [1.807, 2.05) is 0 Å². The van der Waals surface area contributed by atoms with Gasteiger partial charge in [-0.05, 0) is 52.9 Å². The van der Waals surface area contributed by atoms with Crippen molar-refractivity contribution in [3.8, 4) is 0 Å². The van der Waals surface area contributed by atoms with Crippen LogP contribution < -0.4 is 5.32 Å². The predicted molar refractivity (Wildman–Crippen MR) is 93.9 cm³/mol. The van der Waals surface area contributed by atoms with Gasteiger partial charge < -0.3 is 10.4 Å². The summed E-state index contributed by atoms with van der Waals surface area (Å²) in [5, 5.41) is 13.0. The van der Waals surface area contributed by atoms with Crippen LogP contribution in [0.4, 0.5) is 10.1 Å². The average Bonchev–Trinajstić information content (AvgIpc) is 3.27. The van der Waals surface area contributed by atoms with E-state index >= 15 is 0 Å². The topological polar surface area (TPSA) is 69.6 Å². The van der Waals surface area contributed by atoms with Crippen LogP contribution in [0.5, 0.6) is 0 Å². The van der Waals surface area contributed by atoms with E-state index < -0.39 is 22.0 Å². The zero-order valence-electron chi connectivity index (χ0n) is 13.1. The van der Waals surface area contributed by atoms with Gasteiger partial charge in [-0.2, -0.15) is 4.31 Å². The van der Waals surface area contributed by atoms with E-state index in [-0.39, 0.29) is 23.9 Å². The van der Waals surface area contributed by atoms with E-state index in [0.29, 0.717) is 22.6 Å². The largest absolute Gasteiger partial charge is 0.391 e. The lowest BCUT2D eigenvalue weighted by molar-refractivity contribution is 0.135. The first-order chi connectivity index (χ1) is 11.3. The van der Waals surface area contributed by atoms with Crippen LogP contribution in [-0.4, -0.2) is 43.6 Å². The Balaban J connectivity index is 1.78. The molecule has 0 radical (unpaired) electrons. The van der Waals surface area contributed by atoms with Crippen molar-refractivity contribution in [1.29, 1.82) is 0 Å². The molecule has 24 heavy (non-hydrogen) atoms. The van der Waals surface area contributed by atoms with Gasteiger partial charge in [-0.15, -0.1) is 0 Å². The van der Waals surface area contributed by atoms with Crippen LogP contribution in [0.3, 0.4) is 0 Å². The molecule has 2 aliphatic rings. The number of anilines is 1. The molecule has 0 amide bonds. The highest BCUT2D eigenvalue weighted by Crippen LogP contribution is 2.43. The summed E-state index contributed by atoms with van der Waals surface area (Å²) in [5.41, 5.74) is 0.594. The van der Waals surface area contributed by atoms with Crippen LogP contribution >= 0.6 is 15.9 Å². The van der Waals surface area contributed by atoms with Gasteiger partial charge in [0, 0.05) is 29.2 Å². The maximum absolute atomic E-state index is 12.9. The van der Waals surface area contributed by atoms with Crippen molar-refractivity contribution in [3.63, 3.8) is 0 Å². The lowest BCUT2D eigenvalue weighted by atomic mass is 10.0. The number of halogens is 2. The van der Waals surface area contributed by atoms with Gasteiger partial charge in [-0.1, -0.05) is 6.58 Å². The van der Waals surface area contributed by atoms with E-state index in [4.69, 9.17) is 0 Å². The van der Waals surface area contributed by atoms with E-state index in [0.717, 1.165) is 12.8 Å². The molecule has 1 aliphatic heterocycles. The predicted octanol–water partition coefficient (Wildman–Crippen LogP) is 2.74. The Kier molecular flexibility index (Phi) is 5.01. The minimum absolute atomic E-state index is 0.0279. The molecule has 5 nitrogen and oxygen atoms in total. The summed E-state index contributed by atoms with van der Waals surface area (Å²) in [6.45, 7) is 3.64. The van der Waals surface area contributed by atoms with E-state index in [1.54, 1.807) is 12.1 Å². The van der Waals surface area contributed by atoms with Gasteiger partial charge in [0.1, 0.15) is 5.83 Å². The van der Waals surface area contributed by atoms with Gasteiger partial charge in [0.2, 0.25) is 10.0 Å². The van der Waals surface area contributed by atoms with Gasteiger partial charge in [0.25, 0.3) is 0 Å². The Hall–Kier alpha value is -0.960. The quantitative estimate of drug-likeness (QED) is 0.744. The monoisotopic (exact) mass is 418 g/mol. The molecule has 2 N–H and O–H groups in total. The molecule has 0 bridgehead atoms. The number of aliphatic hydroxyl groups excluding tert-OH is 1. The van der Waals surface area contributed by atoms with Crippen LogP contribution in [-0.2, 0) is 10.0 Å². The molecule has 2 fully saturated rings. The number of rotatable bonds is 6. The van der Waals surface area contributed by atoms with Crippen molar-refractivity contribution in [3.05, 3.63) is 35.1 Å². The summed E-state index contributed by atoms with van der Waals surface area (Å²) in [6, 6.07) is 4.67. The molecule has 1 saturated heterocycles. The van der Waals surface area contributed by atoms with Crippen LogP contribution in [0, 0.1) is 11.8 Å². The van der Waals surface area contributed by atoms with Crippen molar-refractivity contribution in [1.82, 2.24) is 4.31 Å². The Morgan fingerprint density at radius 1 is 1.42 bits per heavy atom. The van der Waals surface area contributed by atoms with Crippen LogP contribution in [0.25, 0.3) is 0 Å². The average molecular weight is 419 g/mol. The number of aliphatic hydroxyl groups is 1. The Labute approximate surface area is 149 Å². The highest BCUT2D eigenvalue weighted by Gasteiger charge is 2.45. The number of hydrogen-bond donors (Lipinski definition) is 2. The fourth-order valence-corrected chi connectivity index (χ4v) is 5.65. The number of β-amino-alcohol motifs (C(OH)–C–C–N with tert-alkyl or cyclic N) is 1. The SMILES string of the molecule is C=C(F)CNc1ccc(S(=O)(=O)N2C[C@@H](O)[C@H](C3CC3)C2)c(Br)c1. The lowest BCUT2D eigenvalue weighted by Crippen LogP contribution is -2.30. The molecule has 1 heterocycles. The standard InChI is InChI=1S/C16H20BrFN2O3S/c1-10(18)7-19-12-4-5-16(14(17)6-12)24(22,23)20-8-13(11-2-3-11)15(21)9-20/h4-6,11,13,15,19,21H,1-3,7-9H2/t13-,15+/m0/s1. The van der Waals surface area contributed by atoms with E-state index in [1.165, 1.54) is 10.4 Å². The molecule has 3 rings (SSSR count). The molecular formula is C16H20BrFN2O3S. The summed E-state index contributed by atoms with van der Waals surface area (Å²) in [5.74, 6) is -0.0148. The number of hydrogen-bond acceptors (Lipinski definition) is 4. The van der Waals surface area contributed by atoms with Gasteiger partial charge in [-0.3, -0.25) is 0 Å². The maximum atomic E-state index is 12.9. The van der Waals surface area contributed by atoms with Crippen molar-refractivity contribution in [2.75, 3.05) is 25.0 Å². The smallest absolute Gasteiger partial charge is 0.244 e. The van der Waals surface area contributed by atoms with Crippen LogP contribution in [0.15, 0.2) is 40.0 Å². The molecule has 1 aromatic carbocycles. The van der Waals surface area contributed by atoms with E-state index in [2.05, 4.69) is 27.8 Å². The molecule has 0 aromatic heterocycles. The minimum atomic E-state index is -3.68. The first-order valence-electron chi connectivity index (χ1n) is 7.84. The Morgan fingerprint density at radius 3 is 2.71 bits per heavy atom. The number of benzene rings is 1. The molecule has 8 heteroatoms. The third kappa shape index (κ3) is 3.66. The van der Waals surface area contributed by atoms with Crippen LogP contribution in [0.2, 0.25) is 0 Å². The lowest BCUT2D eigenvalue weighted by Gasteiger charge is -2.18. The number of nitrogens with one attached hydrogen (secondary N) is 1. The van der Waals surface area contributed by atoms with Gasteiger partial charge in [-0.25, -0.2) is 12.8 Å². The van der Waals surface area contributed by atoms with Crippen molar-refractivity contribution >= 4 is 31.6 Å². The third-order valence-corrected chi connectivity index (χ3v) is 7.37. The second-order valence-electron chi connectivity index (χ2n) is 6.41. The first kappa shape index (κ1) is 17.8. The summed E-state index contributed by atoms with van der Waals surface area (Å²) >= 11 is 3.28. The summed E-state index contributed by atoms with van der Waals surface area (Å²) in [6.07, 6.45) is 1.54. The van der Waals surface area contributed by atoms with Gasteiger partial charge in [0.15, 0.2) is 0 Å². The number of nitrogens with zero attached hydrogens (tertiary/aromatic N) is 1. The normalized spacial score (nSPS) is 25.0. The van der Waals surface area contributed by atoms with Crippen molar-refractivity contribution in [2.45, 2.75) is 23.8 Å². The maximum Gasteiger partial charge on any atom is 0.244 e. The van der Waals surface area contributed by atoms with Crippen molar-refractivity contribution < 1.29 is 17.9 Å². The zero-order chi connectivity index (χ0) is 17.5. The Morgan fingerprint density at radius 2 is 2.12 bits per heavy atom. The Bertz CT molecular complexity index is 752. The van der Waals surface area contributed by atoms with E-state index in [9.17, 15) is 17.9 Å². The third-order valence-electron chi connectivity index (χ3n) is 4.56. The fourth-order valence-electron chi connectivity index (χ4n) is 3.12. The molecule has 1 aliphatic carbocycles. The second-order valence-corrected chi connectivity index (χ2v) is 9.17. The first-order valence-corrected chi connectivity index (χ1v) is 10.1. The summed E-state index contributed by atoms with van der Waals surface area (Å²) in [7, 11) is -3.68. The molecular weight excluding hydrogens is 399 g/mol. The minimum Gasteiger partial charge on any atom is -0.391 e. The van der Waals surface area contributed by atoms with Gasteiger partial charge >= 0.3 is 0 Å².